The zero-order valence-corrected chi connectivity index (χ0v) is 62.2. The first-order valence-corrected chi connectivity index (χ1v) is 41.6. The molecule has 0 heterocycles. The third-order valence-electron chi connectivity index (χ3n) is 17.3. The average molecular weight is 1370 g/mol. The molecule has 0 saturated carbocycles. The van der Waals surface area contributed by atoms with Crippen molar-refractivity contribution < 1.29 is 80.2 Å². The summed E-state index contributed by atoms with van der Waals surface area (Å²) in [5.41, 5.74) is 0. The smallest absolute Gasteiger partial charge is 0.462 e. The van der Waals surface area contributed by atoms with Crippen LogP contribution in [0.4, 0.5) is 0 Å². The molecule has 0 spiro atoms. The van der Waals surface area contributed by atoms with E-state index >= 15 is 0 Å². The minimum Gasteiger partial charge on any atom is -0.462 e. The summed E-state index contributed by atoms with van der Waals surface area (Å²) in [5, 5.41) is 10.6. The Labute approximate surface area is 568 Å². The standard InChI is InChI=1S/C74H144O17P2/c1-6-9-12-15-17-19-21-23-25-27-28-29-30-31-33-35-37-39-41-43-49-54-59-73(78)90-70(64-85-72(77)58-53-48-42-40-38-36-34-32-26-24-22-20-18-16-13-10-7-2)66-89-93(82,83)87-62-68(75)61-86-92(80,81)88-65-69(63-84-71(76)57-52-46-14-11-8-3)91-74(79)60-55-50-45-44-47-51-56-67(4)5/h67-70,75H,6-66H2,1-5H3,(H,80,81)(H,82,83)/t68-,69+,70+/m0/s1. The number of rotatable bonds is 74. The predicted molar refractivity (Wildman–Crippen MR) is 377 cm³/mol. The van der Waals surface area contributed by atoms with Gasteiger partial charge in [-0.15, -0.1) is 0 Å². The molecular weight excluding hydrogens is 1220 g/mol. The van der Waals surface area contributed by atoms with Gasteiger partial charge in [0.15, 0.2) is 12.2 Å². The first-order chi connectivity index (χ1) is 45.0. The molecular formula is C74H144O17P2. The van der Waals surface area contributed by atoms with Crippen LogP contribution in [0, 0.1) is 5.92 Å². The molecule has 0 aliphatic carbocycles. The molecule has 0 rings (SSSR count). The van der Waals surface area contributed by atoms with Gasteiger partial charge in [-0.3, -0.25) is 37.3 Å². The fraction of sp³-hybridized carbons (Fsp3) is 0.946. The molecule has 0 fully saturated rings. The highest BCUT2D eigenvalue weighted by Crippen LogP contribution is 2.45. The topological polar surface area (TPSA) is 237 Å². The average Bonchev–Trinajstić information content (AvgIpc) is 2.41. The van der Waals surface area contributed by atoms with E-state index in [0.29, 0.717) is 31.6 Å². The molecule has 0 bridgehead atoms. The molecule has 0 amide bonds. The molecule has 0 aromatic heterocycles. The highest BCUT2D eigenvalue weighted by atomic mass is 31.2. The number of phosphoric acid groups is 2. The molecule has 17 nitrogen and oxygen atoms in total. The fourth-order valence-electron chi connectivity index (χ4n) is 11.4. The van der Waals surface area contributed by atoms with Crippen LogP contribution < -0.4 is 0 Å². The molecule has 552 valence electrons. The molecule has 93 heavy (non-hydrogen) atoms. The number of carbonyl (C=O) groups is 4. The van der Waals surface area contributed by atoms with Gasteiger partial charge in [-0.25, -0.2) is 9.13 Å². The highest BCUT2D eigenvalue weighted by molar-refractivity contribution is 7.47. The number of phosphoric ester groups is 2. The van der Waals surface area contributed by atoms with Crippen molar-refractivity contribution in [3.63, 3.8) is 0 Å². The van der Waals surface area contributed by atoms with Gasteiger partial charge >= 0.3 is 39.5 Å². The Morgan fingerprint density at radius 1 is 0.290 bits per heavy atom. The molecule has 5 atom stereocenters. The summed E-state index contributed by atoms with van der Waals surface area (Å²) < 4.78 is 68.1. The summed E-state index contributed by atoms with van der Waals surface area (Å²) in [4.78, 5) is 72.3. The van der Waals surface area contributed by atoms with Crippen LogP contribution in [0.1, 0.15) is 388 Å². The van der Waals surface area contributed by atoms with Crippen LogP contribution in [-0.4, -0.2) is 96.7 Å². The lowest BCUT2D eigenvalue weighted by Gasteiger charge is -2.21. The molecule has 0 saturated heterocycles. The van der Waals surface area contributed by atoms with Crippen molar-refractivity contribution in [3.05, 3.63) is 0 Å². The van der Waals surface area contributed by atoms with E-state index in [1.807, 2.05) is 0 Å². The lowest BCUT2D eigenvalue weighted by Crippen LogP contribution is -2.30. The van der Waals surface area contributed by atoms with Crippen LogP contribution in [-0.2, 0) is 65.4 Å². The number of aliphatic hydroxyl groups is 1. The second-order valence-electron chi connectivity index (χ2n) is 27.2. The van der Waals surface area contributed by atoms with Gasteiger partial charge in [0.25, 0.3) is 0 Å². The molecule has 2 unspecified atom stereocenters. The molecule has 19 heteroatoms. The number of hydrogen-bond acceptors (Lipinski definition) is 15. The maximum atomic E-state index is 13.1. The minimum atomic E-state index is -4.95. The number of unbranched alkanes of at least 4 members (excludes halogenated alkanes) is 46. The summed E-state index contributed by atoms with van der Waals surface area (Å²) in [6.45, 7) is 7.08. The van der Waals surface area contributed by atoms with Crippen molar-refractivity contribution in [3.8, 4) is 0 Å². The van der Waals surface area contributed by atoms with Gasteiger partial charge in [0.05, 0.1) is 26.4 Å². The Morgan fingerprint density at radius 2 is 0.495 bits per heavy atom. The van der Waals surface area contributed by atoms with Crippen LogP contribution in [0.15, 0.2) is 0 Å². The van der Waals surface area contributed by atoms with E-state index in [2.05, 4.69) is 34.6 Å². The third kappa shape index (κ3) is 68.4. The zero-order chi connectivity index (χ0) is 68.4. The second kappa shape index (κ2) is 67.3. The molecule has 0 aromatic rings. The Morgan fingerprint density at radius 3 is 0.731 bits per heavy atom. The Balaban J connectivity index is 5.09. The van der Waals surface area contributed by atoms with E-state index in [0.717, 1.165) is 96.3 Å². The van der Waals surface area contributed by atoms with Gasteiger partial charge in [-0.05, 0) is 31.6 Å². The van der Waals surface area contributed by atoms with E-state index in [4.69, 9.17) is 37.0 Å². The zero-order valence-electron chi connectivity index (χ0n) is 60.4. The summed E-state index contributed by atoms with van der Waals surface area (Å²) in [5.74, 6) is -1.47. The van der Waals surface area contributed by atoms with Gasteiger partial charge in [0.1, 0.15) is 19.3 Å². The number of hydrogen-bond donors (Lipinski definition) is 3. The maximum absolute atomic E-state index is 13.1. The quantitative estimate of drug-likeness (QED) is 0.0222. The van der Waals surface area contributed by atoms with Gasteiger partial charge < -0.3 is 33.8 Å². The highest BCUT2D eigenvalue weighted by Gasteiger charge is 2.30. The van der Waals surface area contributed by atoms with Gasteiger partial charge in [0.2, 0.25) is 0 Å². The van der Waals surface area contributed by atoms with E-state index < -0.39 is 97.5 Å². The van der Waals surface area contributed by atoms with Crippen molar-refractivity contribution in [2.75, 3.05) is 39.6 Å². The monoisotopic (exact) mass is 1370 g/mol. The molecule has 3 N–H and O–H groups in total. The van der Waals surface area contributed by atoms with Crippen molar-refractivity contribution in [1.29, 1.82) is 0 Å². The number of carbonyl (C=O) groups excluding carboxylic acids is 4. The number of ether oxygens (including phenoxy) is 4. The Bertz CT molecular complexity index is 1790. The van der Waals surface area contributed by atoms with Crippen molar-refractivity contribution in [2.24, 2.45) is 5.92 Å². The largest absolute Gasteiger partial charge is 0.472 e. The molecule has 0 aliphatic rings. The van der Waals surface area contributed by atoms with Crippen LogP contribution in [0.3, 0.4) is 0 Å². The van der Waals surface area contributed by atoms with Gasteiger partial charge in [0, 0.05) is 25.7 Å². The summed E-state index contributed by atoms with van der Waals surface area (Å²) >= 11 is 0. The lowest BCUT2D eigenvalue weighted by molar-refractivity contribution is -0.161. The summed E-state index contributed by atoms with van der Waals surface area (Å²) in [6, 6.07) is 0. The van der Waals surface area contributed by atoms with Gasteiger partial charge in [-0.2, -0.15) is 0 Å². The lowest BCUT2D eigenvalue weighted by atomic mass is 10.0. The van der Waals surface area contributed by atoms with Crippen LogP contribution in [0.25, 0.3) is 0 Å². The number of aliphatic hydroxyl groups excluding tert-OH is 1. The van der Waals surface area contributed by atoms with Crippen LogP contribution >= 0.6 is 15.6 Å². The van der Waals surface area contributed by atoms with E-state index in [9.17, 15) is 43.2 Å². The summed E-state index contributed by atoms with van der Waals surface area (Å²) in [6.07, 6.45) is 56.4. The normalized spacial score (nSPS) is 14.0. The Kier molecular flexibility index (Phi) is 65.9. The maximum Gasteiger partial charge on any atom is 0.472 e. The molecule has 0 aliphatic heterocycles. The Hall–Kier alpha value is -1.94. The SMILES string of the molecule is CCCCCCCCCCCCCCCCCCCCCCCCC(=O)O[C@H](COC(=O)CCCCCCCCCCCCCCCCCCC)COP(=O)(O)OC[C@@H](O)COP(=O)(O)OC[C@@H](COC(=O)CCCCCCC)OC(=O)CCCCCCCCC(C)C. The summed E-state index contributed by atoms with van der Waals surface area (Å²) in [7, 11) is -9.89. The second-order valence-corrected chi connectivity index (χ2v) is 30.1. The van der Waals surface area contributed by atoms with Crippen LogP contribution in [0.5, 0.6) is 0 Å². The third-order valence-corrected chi connectivity index (χ3v) is 19.2. The van der Waals surface area contributed by atoms with E-state index in [1.54, 1.807) is 0 Å². The van der Waals surface area contributed by atoms with Gasteiger partial charge in [-0.1, -0.05) is 336 Å². The van der Waals surface area contributed by atoms with Crippen molar-refractivity contribution in [1.82, 2.24) is 0 Å². The van der Waals surface area contributed by atoms with E-state index in [1.165, 1.54) is 205 Å². The minimum absolute atomic E-state index is 0.102. The molecule has 0 aromatic carbocycles. The number of esters is 4. The fourth-order valence-corrected chi connectivity index (χ4v) is 12.9. The van der Waals surface area contributed by atoms with E-state index in [-0.39, 0.29) is 25.7 Å². The van der Waals surface area contributed by atoms with Crippen LogP contribution in [0.2, 0.25) is 0 Å². The predicted octanol–water partition coefficient (Wildman–Crippen LogP) is 21.7. The van der Waals surface area contributed by atoms with Crippen molar-refractivity contribution in [2.45, 2.75) is 406 Å². The van der Waals surface area contributed by atoms with Crippen molar-refractivity contribution >= 4 is 39.5 Å². The first kappa shape index (κ1) is 91.1. The first-order valence-electron chi connectivity index (χ1n) is 38.6. The molecule has 0 radical (unpaired) electrons.